The van der Waals surface area contributed by atoms with Crippen molar-refractivity contribution in [2.24, 2.45) is 5.73 Å². The van der Waals surface area contributed by atoms with Crippen LogP contribution in [0.1, 0.15) is 51.4 Å². The van der Waals surface area contributed by atoms with Gasteiger partial charge in [-0.15, -0.1) is 0 Å². The number of carbonyl (C=O) groups is 1. The van der Waals surface area contributed by atoms with E-state index in [2.05, 4.69) is 0 Å². The molecule has 4 heteroatoms. The predicted octanol–water partition coefficient (Wildman–Crippen LogP) is 2.96. The van der Waals surface area contributed by atoms with Gasteiger partial charge in [0, 0.05) is 24.0 Å². The van der Waals surface area contributed by atoms with Crippen molar-refractivity contribution in [2.75, 3.05) is 12.3 Å². The average Bonchev–Trinajstić information content (AvgIpc) is 2.29. The van der Waals surface area contributed by atoms with Gasteiger partial charge in [0.1, 0.15) is 0 Å². The van der Waals surface area contributed by atoms with Gasteiger partial charge in [0.25, 0.3) is 0 Å². The van der Waals surface area contributed by atoms with Crippen molar-refractivity contribution in [3.8, 4) is 0 Å². The molecule has 0 fully saturated rings. The van der Waals surface area contributed by atoms with Crippen molar-refractivity contribution >= 4 is 17.7 Å². The van der Waals surface area contributed by atoms with Gasteiger partial charge in [-0.25, -0.2) is 0 Å². The SMILES string of the molecule is [CH]C(CCCCCCCCC(=O)O)SCCN. The molecule has 0 amide bonds. The molecule has 1 atom stereocenters. The maximum atomic E-state index is 10.3. The van der Waals surface area contributed by atoms with Crippen LogP contribution < -0.4 is 5.73 Å². The summed E-state index contributed by atoms with van der Waals surface area (Å²) in [5.41, 5.74) is 5.40. The number of hydrogen-bond donors (Lipinski definition) is 2. The summed E-state index contributed by atoms with van der Waals surface area (Å²) in [7, 11) is 0. The van der Waals surface area contributed by atoms with E-state index in [0.29, 0.717) is 13.0 Å². The Morgan fingerprint density at radius 3 is 2.35 bits per heavy atom. The first kappa shape index (κ1) is 16.8. The van der Waals surface area contributed by atoms with Gasteiger partial charge in [-0.1, -0.05) is 32.1 Å². The molecular weight excluding hydrogens is 234 g/mol. The molecule has 100 valence electrons. The van der Waals surface area contributed by atoms with E-state index in [1.807, 2.05) is 0 Å². The summed E-state index contributed by atoms with van der Waals surface area (Å²) in [6.45, 7) is 6.59. The lowest BCUT2D eigenvalue weighted by Crippen LogP contribution is -2.06. The zero-order valence-corrected chi connectivity index (χ0v) is 11.4. The molecule has 0 saturated carbocycles. The quantitative estimate of drug-likeness (QED) is 0.529. The minimum atomic E-state index is -0.687. The Kier molecular flexibility index (Phi) is 12.1. The minimum absolute atomic E-state index is 0.227. The standard InChI is InChI=1S/C13H25NO2S/c1-12(17-11-10-14)8-6-4-2-3-5-7-9-13(15)16/h1,12H,2-11,14H2,(H,15,16). The third kappa shape index (κ3) is 13.7. The van der Waals surface area contributed by atoms with E-state index in [1.165, 1.54) is 12.8 Å². The number of aliphatic carboxylic acids is 1. The second-order valence-electron chi connectivity index (χ2n) is 4.25. The molecule has 2 radical (unpaired) electrons. The number of thioether (sulfide) groups is 1. The van der Waals surface area contributed by atoms with Crippen LogP contribution in [0.25, 0.3) is 0 Å². The van der Waals surface area contributed by atoms with Gasteiger partial charge in [0.05, 0.1) is 0 Å². The number of nitrogens with two attached hydrogens (primary N) is 1. The average molecular weight is 259 g/mol. The molecule has 0 aliphatic heterocycles. The number of carboxylic acid groups (broad SMARTS) is 1. The lowest BCUT2D eigenvalue weighted by molar-refractivity contribution is -0.137. The molecule has 0 spiro atoms. The molecule has 0 aromatic rings. The first-order valence-corrected chi connectivity index (χ1v) is 7.50. The van der Waals surface area contributed by atoms with Crippen LogP contribution in [-0.4, -0.2) is 28.6 Å². The monoisotopic (exact) mass is 259 g/mol. The van der Waals surface area contributed by atoms with E-state index < -0.39 is 5.97 Å². The summed E-state index contributed by atoms with van der Waals surface area (Å²) in [5.74, 6) is 0.254. The zero-order chi connectivity index (χ0) is 12.9. The normalized spacial score (nSPS) is 12.6. The van der Waals surface area contributed by atoms with Crippen molar-refractivity contribution in [1.82, 2.24) is 0 Å². The van der Waals surface area contributed by atoms with Crippen molar-refractivity contribution in [3.05, 3.63) is 6.92 Å². The zero-order valence-electron chi connectivity index (χ0n) is 10.6. The second-order valence-corrected chi connectivity index (χ2v) is 5.60. The van der Waals surface area contributed by atoms with Gasteiger partial charge in [-0.3, -0.25) is 4.79 Å². The third-order valence-electron chi connectivity index (χ3n) is 2.58. The Labute approximate surface area is 110 Å². The highest BCUT2D eigenvalue weighted by Gasteiger charge is 2.02. The Morgan fingerprint density at radius 2 is 1.76 bits per heavy atom. The molecule has 0 rings (SSSR count). The van der Waals surface area contributed by atoms with Gasteiger partial charge < -0.3 is 10.8 Å². The van der Waals surface area contributed by atoms with Crippen molar-refractivity contribution in [1.29, 1.82) is 0 Å². The van der Waals surface area contributed by atoms with Crippen molar-refractivity contribution in [3.63, 3.8) is 0 Å². The molecule has 3 N–H and O–H groups in total. The van der Waals surface area contributed by atoms with E-state index in [9.17, 15) is 4.79 Å². The molecule has 0 aromatic heterocycles. The van der Waals surface area contributed by atoms with Crippen LogP contribution in [0.4, 0.5) is 0 Å². The van der Waals surface area contributed by atoms with Crippen LogP contribution in [0, 0.1) is 6.92 Å². The molecular formula is C13H25NO2S. The summed E-state index contributed by atoms with van der Waals surface area (Å²) in [6, 6.07) is 0. The lowest BCUT2D eigenvalue weighted by Gasteiger charge is -2.09. The Hall–Kier alpha value is -0.220. The lowest BCUT2D eigenvalue weighted by atomic mass is 10.1. The first-order chi connectivity index (χ1) is 8.16. The first-order valence-electron chi connectivity index (χ1n) is 6.46. The minimum Gasteiger partial charge on any atom is -0.481 e. The summed E-state index contributed by atoms with van der Waals surface area (Å²) >= 11 is 1.74. The number of carboxylic acids is 1. The molecule has 0 bridgehead atoms. The molecule has 3 nitrogen and oxygen atoms in total. The molecule has 17 heavy (non-hydrogen) atoms. The van der Waals surface area contributed by atoms with Crippen LogP contribution in [0.15, 0.2) is 0 Å². The van der Waals surface area contributed by atoms with Gasteiger partial charge in [0.15, 0.2) is 0 Å². The van der Waals surface area contributed by atoms with Gasteiger partial charge in [0.2, 0.25) is 0 Å². The summed E-state index contributed by atoms with van der Waals surface area (Å²) in [6.07, 6.45) is 7.88. The Bertz CT molecular complexity index is 188. The van der Waals surface area contributed by atoms with Crippen LogP contribution in [0.5, 0.6) is 0 Å². The van der Waals surface area contributed by atoms with E-state index >= 15 is 0 Å². The smallest absolute Gasteiger partial charge is 0.303 e. The number of hydrogen-bond acceptors (Lipinski definition) is 3. The van der Waals surface area contributed by atoms with Crippen molar-refractivity contribution in [2.45, 2.75) is 56.6 Å². The third-order valence-corrected chi connectivity index (χ3v) is 3.71. The number of unbranched alkanes of at least 4 members (excludes halogenated alkanes) is 5. The van der Waals surface area contributed by atoms with Crippen LogP contribution in [0.2, 0.25) is 0 Å². The van der Waals surface area contributed by atoms with Gasteiger partial charge in [-0.2, -0.15) is 11.8 Å². The Morgan fingerprint density at radius 1 is 1.18 bits per heavy atom. The van der Waals surface area contributed by atoms with E-state index in [4.69, 9.17) is 17.8 Å². The summed E-state index contributed by atoms with van der Waals surface area (Å²) in [5, 5.41) is 8.69. The highest BCUT2D eigenvalue weighted by atomic mass is 32.2. The Balaban J connectivity index is 3.10. The fraction of sp³-hybridized carbons (Fsp3) is 0.846. The molecule has 0 aromatic carbocycles. The maximum Gasteiger partial charge on any atom is 0.303 e. The predicted molar refractivity (Wildman–Crippen MR) is 74.2 cm³/mol. The topological polar surface area (TPSA) is 63.3 Å². The number of rotatable bonds is 12. The molecule has 0 saturated heterocycles. The van der Waals surface area contributed by atoms with Gasteiger partial charge >= 0.3 is 5.97 Å². The molecule has 0 aliphatic rings. The van der Waals surface area contributed by atoms with Gasteiger partial charge in [-0.05, 0) is 19.8 Å². The highest BCUT2D eigenvalue weighted by Crippen LogP contribution is 2.17. The largest absolute Gasteiger partial charge is 0.481 e. The molecule has 1 unspecified atom stereocenters. The van der Waals surface area contributed by atoms with Crippen molar-refractivity contribution < 1.29 is 9.90 Å². The second kappa shape index (κ2) is 12.2. The molecule has 0 heterocycles. The maximum absolute atomic E-state index is 10.3. The van der Waals surface area contributed by atoms with E-state index in [1.54, 1.807) is 11.8 Å². The van der Waals surface area contributed by atoms with Crippen LogP contribution in [-0.2, 0) is 4.79 Å². The van der Waals surface area contributed by atoms with Crippen LogP contribution >= 0.6 is 11.8 Å². The molecule has 0 aliphatic carbocycles. The summed E-state index contributed by atoms with van der Waals surface area (Å²) < 4.78 is 0. The fourth-order valence-electron chi connectivity index (χ4n) is 1.63. The van der Waals surface area contributed by atoms with E-state index in [0.717, 1.165) is 37.9 Å². The fourth-order valence-corrected chi connectivity index (χ4v) is 2.40. The van der Waals surface area contributed by atoms with Crippen LogP contribution in [0.3, 0.4) is 0 Å². The summed E-state index contributed by atoms with van der Waals surface area (Å²) in [4.78, 5) is 10.3. The van der Waals surface area contributed by atoms with E-state index in [-0.39, 0.29) is 5.25 Å². The highest BCUT2D eigenvalue weighted by molar-refractivity contribution is 8.00.